The van der Waals surface area contributed by atoms with Crippen LogP contribution in [0.25, 0.3) is 6.08 Å². The van der Waals surface area contributed by atoms with Crippen LogP contribution in [0.15, 0.2) is 29.2 Å². The molecule has 24 heavy (non-hydrogen) atoms. The number of halogens is 1. The number of esters is 1. The summed E-state index contributed by atoms with van der Waals surface area (Å²) in [5.41, 5.74) is 0.718. The van der Waals surface area contributed by atoms with E-state index in [2.05, 4.69) is 0 Å². The Kier molecular flexibility index (Phi) is 6.79. The number of thioether (sulfide) groups is 1. The van der Waals surface area contributed by atoms with Gasteiger partial charge < -0.3 is 9.47 Å². The van der Waals surface area contributed by atoms with Gasteiger partial charge in [0.2, 0.25) is 0 Å². The molecule has 128 valence electrons. The molecule has 1 aliphatic rings. The molecular formula is C16H16ClNO4S2. The first-order valence-electron chi connectivity index (χ1n) is 7.13. The zero-order valence-electron chi connectivity index (χ0n) is 13.2. The molecule has 0 aliphatic carbocycles. The molecule has 5 nitrogen and oxygen atoms in total. The topological polar surface area (TPSA) is 55.8 Å². The van der Waals surface area contributed by atoms with E-state index in [0.29, 0.717) is 20.9 Å². The van der Waals surface area contributed by atoms with E-state index in [1.54, 1.807) is 25.1 Å². The van der Waals surface area contributed by atoms with E-state index < -0.39 is 12.0 Å². The highest BCUT2D eigenvalue weighted by atomic mass is 35.5. The van der Waals surface area contributed by atoms with Crippen molar-refractivity contribution < 1.29 is 19.1 Å². The number of ether oxygens (including phenoxy) is 2. The van der Waals surface area contributed by atoms with Crippen molar-refractivity contribution in [1.29, 1.82) is 0 Å². The van der Waals surface area contributed by atoms with Gasteiger partial charge in [0.1, 0.15) is 17.0 Å². The molecule has 1 fully saturated rings. The molecule has 0 bridgehead atoms. The molecule has 0 saturated carbocycles. The lowest BCUT2D eigenvalue weighted by Crippen LogP contribution is -2.42. The molecule has 1 aliphatic heterocycles. The fraction of sp³-hybridized carbons (Fsp3) is 0.312. The number of carbonyl (C=O) groups excluding carboxylic acids is 2. The number of hydrogen-bond acceptors (Lipinski definition) is 6. The average molecular weight is 386 g/mol. The minimum Gasteiger partial charge on any atom is -0.462 e. The van der Waals surface area contributed by atoms with Crippen LogP contribution in [0.3, 0.4) is 0 Å². The van der Waals surface area contributed by atoms with Crippen LogP contribution in [-0.2, 0) is 19.1 Å². The third kappa shape index (κ3) is 4.36. The lowest BCUT2D eigenvalue weighted by atomic mass is 10.2. The number of hydrogen-bond donors (Lipinski definition) is 0. The molecule has 0 N–H and O–H groups in total. The second kappa shape index (κ2) is 8.62. The average Bonchev–Trinajstić information content (AvgIpc) is 2.83. The highest BCUT2D eigenvalue weighted by Crippen LogP contribution is 2.35. The van der Waals surface area contributed by atoms with Gasteiger partial charge in [0.15, 0.2) is 0 Å². The van der Waals surface area contributed by atoms with Crippen molar-refractivity contribution in [1.82, 2.24) is 4.90 Å². The van der Waals surface area contributed by atoms with Crippen molar-refractivity contribution in [3.05, 3.63) is 39.8 Å². The largest absolute Gasteiger partial charge is 0.462 e. The Labute approximate surface area is 154 Å². The van der Waals surface area contributed by atoms with E-state index in [4.69, 9.17) is 33.3 Å². The minimum absolute atomic E-state index is 0.129. The number of amides is 1. The van der Waals surface area contributed by atoms with E-state index in [1.807, 2.05) is 12.1 Å². The van der Waals surface area contributed by atoms with Crippen molar-refractivity contribution in [3.63, 3.8) is 0 Å². The summed E-state index contributed by atoms with van der Waals surface area (Å²) < 4.78 is 10.2. The predicted octanol–water partition coefficient (Wildman–Crippen LogP) is 3.12. The fourth-order valence-corrected chi connectivity index (χ4v) is 3.60. The lowest BCUT2D eigenvalue weighted by Gasteiger charge is -2.21. The highest BCUT2D eigenvalue weighted by molar-refractivity contribution is 8.26. The first-order chi connectivity index (χ1) is 11.5. The van der Waals surface area contributed by atoms with E-state index in [1.165, 1.54) is 12.0 Å². The van der Waals surface area contributed by atoms with E-state index in [0.717, 1.165) is 17.3 Å². The van der Waals surface area contributed by atoms with Gasteiger partial charge in [0.25, 0.3) is 5.91 Å². The minimum atomic E-state index is -0.800. The summed E-state index contributed by atoms with van der Waals surface area (Å²) in [5.74, 6) is -0.858. The van der Waals surface area contributed by atoms with Gasteiger partial charge in [-0.25, -0.2) is 4.79 Å². The van der Waals surface area contributed by atoms with Crippen LogP contribution in [0.4, 0.5) is 0 Å². The molecule has 2 rings (SSSR count). The van der Waals surface area contributed by atoms with Crippen LogP contribution >= 0.6 is 35.6 Å². The van der Waals surface area contributed by atoms with Crippen LogP contribution in [0.2, 0.25) is 5.02 Å². The molecule has 1 saturated heterocycles. The number of benzene rings is 1. The van der Waals surface area contributed by atoms with Crippen molar-refractivity contribution in [2.45, 2.75) is 13.0 Å². The second-order valence-electron chi connectivity index (χ2n) is 4.91. The Hall–Kier alpha value is -1.41. The van der Waals surface area contributed by atoms with Gasteiger partial charge in [-0.15, -0.1) is 0 Å². The molecular weight excluding hydrogens is 370 g/mol. The van der Waals surface area contributed by atoms with Crippen molar-refractivity contribution in [2.24, 2.45) is 0 Å². The maximum Gasteiger partial charge on any atom is 0.329 e. The van der Waals surface area contributed by atoms with Gasteiger partial charge >= 0.3 is 5.97 Å². The van der Waals surface area contributed by atoms with Gasteiger partial charge in [-0.1, -0.05) is 53.8 Å². The summed E-state index contributed by atoms with van der Waals surface area (Å²) in [4.78, 5) is 26.3. The normalized spacial score (nSPS) is 17.5. The van der Waals surface area contributed by atoms with Crippen LogP contribution in [-0.4, -0.2) is 47.5 Å². The number of rotatable bonds is 6. The Bertz CT molecular complexity index is 692. The van der Waals surface area contributed by atoms with Crippen molar-refractivity contribution >= 4 is 57.9 Å². The van der Waals surface area contributed by atoms with E-state index >= 15 is 0 Å². The summed E-state index contributed by atoms with van der Waals surface area (Å²) in [6, 6.07) is 6.38. The monoisotopic (exact) mass is 385 g/mol. The van der Waals surface area contributed by atoms with Crippen LogP contribution in [0.1, 0.15) is 12.5 Å². The Balaban J connectivity index is 2.14. The lowest BCUT2D eigenvalue weighted by molar-refractivity contribution is -0.151. The molecule has 1 unspecified atom stereocenters. The predicted molar refractivity (Wildman–Crippen MR) is 98.8 cm³/mol. The number of carbonyl (C=O) groups is 2. The fourth-order valence-electron chi connectivity index (χ4n) is 2.00. The summed E-state index contributed by atoms with van der Waals surface area (Å²) >= 11 is 12.5. The number of nitrogens with zero attached hydrogens (tertiary/aromatic N) is 1. The Morgan fingerprint density at radius 1 is 1.42 bits per heavy atom. The molecule has 0 radical (unpaired) electrons. The number of thiocarbonyl (C=S) groups is 1. The molecule has 1 aromatic rings. The van der Waals surface area contributed by atoms with E-state index in [9.17, 15) is 9.59 Å². The summed E-state index contributed by atoms with van der Waals surface area (Å²) in [6.45, 7) is 2.01. The molecule has 1 aromatic carbocycles. The summed E-state index contributed by atoms with van der Waals surface area (Å²) in [7, 11) is 1.51. The number of methoxy groups -OCH3 is 1. The van der Waals surface area contributed by atoms with Crippen LogP contribution < -0.4 is 0 Å². The van der Waals surface area contributed by atoms with Gasteiger partial charge in [0, 0.05) is 12.1 Å². The molecule has 0 spiro atoms. The first kappa shape index (κ1) is 18.9. The molecule has 1 heterocycles. The Morgan fingerprint density at radius 3 is 2.79 bits per heavy atom. The zero-order valence-corrected chi connectivity index (χ0v) is 15.5. The van der Waals surface area contributed by atoms with Crippen molar-refractivity contribution in [2.75, 3.05) is 20.3 Å². The maximum absolute atomic E-state index is 12.6. The molecule has 1 amide bonds. The van der Waals surface area contributed by atoms with Crippen molar-refractivity contribution in [3.8, 4) is 0 Å². The van der Waals surface area contributed by atoms with Gasteiger partial charge in [-0.05, 0) is 24.6 Å². The van der Waals surface area contributed by atoms with Crippen LogP contribution in [0.5, 0.6) is 0 Å². The first-order valence-corrected chi connectivity index (χ1v) is 8.73. The van der Waals surface area contributed by atoms with Gasteiger partial charge in [-0.2, -0.15) is 0 Å². The zero-order chi connectivity index (χ0) is 17.7. The van der Waals surface area contributed by atoms with Gasteiger partial charge in [0.05, 0.1) is 11.5 Å². The maximum atomic E-state index is 12.6. The highest BCUT2D eigenvalue weighted by Gasteiger charge is 2.38. The third-order valence-electron chi connectivity index (χ3n) is 3.28. The molecule has 0 aromatic heterocycles. The van der Waals surface area contributed by atoms with Crippen LogP contribution in [0, 0.1) is 0 Å². The molecule has 1 atom stereocenters. The van der Waals surface area contributed by atoms with Gasteiger partial charge in [-0.3, -0.25) is 9.69 Å². The Morgan fingerprint density at radius 2 is 2.12 bits per heavy atom. The second-order valence-corrected chi connectivity index (χ2v) is 6.99. The smallest absolute Gasteiger partial charge is 0.329 e. The summed E-state index contributed by atoms with van der Waals surface area (Å²) in [5, 5.41) is 0.537. The standard InChI is InChI=1S/C16H16ClNO4S2/c1-10(15(20)22-8-7-21-2)18-14(19)13(24-16(18)23)9-11-5-3-4-6-12(11)17/h3-6,9-10H,7-8H2,1-2H3. The third-order valence-corrected chi connectivity index (χ3v) is 4.95. The quantitative estimate of drug-likeness (QED) is 0.324. The molecule has 8 heteroatoms. The SMILES string of the molecule is COCCOC(=O)C(C)N1C(=O)C(=Cc2ccccc2Cl)SC1=S. The summed E-state index contributed by atoms with van der Waals surface area (Å²) in [6.07, 6.45) is 1.67. The van der Waals surface area contributed by atoms with E-state index in [-0.39, 0.29) is 12.5 Å².